The second-order valence-electron chi connectivity index (χ2n) is 7.35. The summed E-state index contributed by atoms with van der Waals surface area (Å²) >= 11 is 0. The molecule has 160 valence electrons. The van der Waals surface area contributed by atoms with Gasteiger partial charge in [0.05, 0.1) is 19.8 Å². The number of carbonyl (C=O) groups is 2. The smallest absolute Gasteiger partial charge is 0.414 e. The van der Waals surface area contributed by atoms with Crippen molar-refractivity contribution in [1.82, 2.24) is 4.90 Å². The van der Waals surface area contributed by atoms with Crippen LogP contribution in [0.15, 0.2) is 18.2 Å². The summed E-state index contributed by atoms with van der Waals surface area (Å²) in [6.45, 7) is 12.1. The Hall–Kier alpha value is -2.16. The summed E-state index contributed by atoms with van der Waals surface area (Å²) in [5, 5.41) is 23.6. The minimum absolute atomic E-state index is 0.0647. The van der Waals surface area contributed by atoms with Crippen LogP contribution in [0.3, 0.4) is 0 Å². The highest BCUT2D eigenvalue weighted by molar-refractivity contribution is 6.27. The molecule has 0 heterocycles. The number of benzene rings is 1. The van der Waals surface area contributed by atoms with Gasteiger partial charge in [-0.3, -0.25) is 0 Å². The number of aliphatic carboxylic acids is 2. The molecule has 0 radical (unpaired) electrons. The van der Waals surface area contributed by atoms with Crippen LogP contribution in [0.25, 0.3) is 0 Å². The average molecular weight is 399 g/mol. The first-order valence-electron chi connectivity index (χ1n) is 9.06. The van der Waals surface area contributed by atoms with E-state index in [1.54, 1.807) is 0 Å². The number of likely N-dealkylation sites (N-methyl/N-ethyl adjacent to an activating group) is 1. The number of aliphatic hydroxyl groups is 1. The lowest BCUT2D eigenvalue weighted by Crippen LogP contribution is -2.26. The summed E-state index contributed by atoms with van der Waals surface area (Å²) in [6.07, 6.45) is 0. The van der Waals surface area contributed by atoms with Crippen LogP contribution in [-0.2, 0) is 19.7 Å². The number of hydrogen-bond donors (Lipinski definition) is 3. The van der Waals surface area contributed by atoms with E-state index >= 15 is 0 Å². The highest BCUT2D eigenvalue weighted by Crippen LogP contribution is 2.32. The van der Waals surface area contributed by atoms with E-state index < -0.39 is 11.9 Å². The van der Waals surface area contributed by atoms with E-state index in [9.17, 15) is 0 Å². The van der Waals surface area contributed by atoms with Gasteiger partial charge >= 0.3 is 11.9 Å². The maximum atomic E-state index is 9.10. The van der Waals surface area contributed by atoms with E-state index in [4.69, 9.17) is 34.4 Å². The minimum Gasteiger partial charge on any atom is -0.491 e. The number of hydrogen-bond acceptors (Lipinski definition) is 6. The van der Waals surface area contributed by atoms with Gasteiger partial charge in [0.1, 0.15) is 12.4 Å². The first-order valence-corrected chi connectivity index (χ1v) is 9.06. The molecule has 0 aliphatic heterocycles. The second kappa shape index (κ2) is 13.1. The minimum atomic E-state index is -1.82. The molecule has 8 heteroatoms. The normalized spacial score (nSPS) is 11.0. The van der Waals surface area contributed by atoms with Crippen molar-refractivity contribution in [2.75, 3.05) is 46.6 Å². The summed E-state index contributed by atoms with van der Waals surface area (Å²) in [7, 11) is 1.97. The number of aliphatic hydroxyl groups excluding tert-OH is 1. The molecule has 0 bridgehead atoms. The molecule has 3 N–H and O–H groups in total. The number of nitrogens with zero attached hydrogens (tertiary/aromatic N) is 1. The molecule has 0 amide bonds. The zero-order valence-corrected chi connectivity index (χ0v) is 17.4. The highest BCUT2D eigenvalue weighted by Gasteiger charge is 2.19. The third-order valence-corrected chi connectivity index (χ3v) is 3.71. The van der Waals surface area contributed by atoms with Crippen molar-refractivity contribution in [2.24, 2.45) is 0 Å². The maximum absolute atomic E-state index is 9.10. The van der Waals surface area contributed by atoms with Gasteiger partial charge in [-0.2, -0.15) is 0 Å². The number of carboxylic acids is 2. The molecule has 0 saturated carbocycles. The van der Waals surface area contributed by atoms with Crippen LogP contribution in [0.4, 0.5) is 0 Å². The van der Waals surface area contributed by atoms with Crippen LogP contribution in [0.5, 0.6) is 5.75 Å². The van der Waals surface area contributed by atoms with Crippen LogP contribution in [0.2, 0.25) is 0 Å². The Labute approximate surface area is 166 Å². The van der Waals surface area contributed by atoms with Gasteiger partial charge in [0.2, 0.25) is 0 Å². The van der Waals surface area contributed by atoms with Crippen molar-refractivity contribution >= 4 is 11.9 Å². The van der Waals surface area contributed by atoms with E-state index in [1.165, 1.54) is 11.1 Å². The van der Waals surface area contributed by atoms with E-state index in [1.807, 2.05) is 18.0 Å². The molecule has 0 aromatic heterocycles. The third kappa shape index (κ3) is 11.5. The molecule has 1 rings (SSSR count). The first-order chi connectivity index (χ1) is 13.0. The number of ether oxygens (including phenoxy) is 2. The van der Waals surface area contributed by atoms with Crippen LogP contribution >= 0.6 is 0 Å². The van der Waals surface area contributed by atoms with Gasteiger partial charge in [-0.15, -0.1) is 0 Å². The van der Waals surface area contributed by atoms with Crippen molar-refractivity contribution in [1.29, 1.82) is 0 Å². The fourth-order valence-electron chi connectivity index (χ4n) is 2.17. The van der Waals surface area contributed by atoms with Crippen molar-refractivity contribution < 1.29 is 34.4 Å². The number of aryl methyl sites for hydroxylation is 1. The molecule has 0 aliphatic rings. The SMILES string of the molecule is Cc1ccc(OCCOCCN(C)CCO)c(C(C)(C)C)c1.O=C(O)C(=O)O. The van der Waals surface area contributed by atoms with Gasteiger partial charge in [0, 0.05) is 13.1 Å². The Morgan fingerprint density at radius 2 is 1.64 bits per heavy atom. The Balaban J connectivity index is 0.00000105. The lowest BCUT2D eigenvalue weighted by molar-refractivity contribution is -0.159. The van der Waals surface area contributed by atoms with E-state index in [2.05, 4.69) is 39.8 Å². The van der Waals surface area contributed by atoms with Crippen molar-refractivity contribution in [3.63, 3.8) is 0 Å². The lowest BCUT2D eigenvalue weighted by Gasteiger charge is -2.23. The maximum Gasteiger partial charge on any atom is 0.414 e. The van der Waals surface area contributed by atoms with Crippen molar-refractivity contribution in [3.8, 4) is 5.75 Å². The molecule has 0 spiro atoms. The van der Waals surface area contributed by atoms with Crippen molar-refractivity contribution in [3.05, 3.63) is 29.3 Å². The summed E-state index contributed by atoms with van der Waals surface area (Å²) in [6, 6.07) is 6.32. The Morgan fingerprint density at radius 3 is 2.14 bits per heavy atom. The number of carboxylic acid groups (broad SMARTS) is 2. The second-order valence-corrected chi connectivity index (χ2v) is 7.35. The van der Waals surface area contributed by atoms with Crippen LogP contribution in [-0.4, -0.2) is 78.7 Å². The van der Waals surface area contributed by atoms with Crippen LogP contribution in [0.1, 0.15) is 31.9 Å². The largest absolute Gasteiger partial charge is 0.491 e. The van der Waals surface area contributed by atoms with E-state index in [0.717, 1.165) is 12.3 Å². The van der Waals surface area contributed by atoms with Gasteiger partial charge < -0.3 is 29.7 Å². The van der Waals surface area contributed by atoms with Gasteiger partial charge in [-0.1, -0.05) is 38.5 Å². The fraction of sp³-hybridized carbons (Fsp3) is 0.600. The third-order valence-electron chi connectivity index (χ3n) is 3.71. The van der Waals surface area contributed by atoms with E-state index in [0.29, 0.717) is 26.4 Å². The Kier molecular flexibility index (Phi) is 12.1. The van der Waals surface area contributed by atoms with E-state index in [-0.39, 0.29) is 12.0 Å². The summed E-state index contributed by atoms with van der Waals surface area (Å²) in [4.78, 5) is 20.2. The molecule has 28 heavy (non-hydrogen) atoms. The Morgan fingerprint density at radius 1 is 1.04 bits per heavy atom. The molecule has 0 unspecified atom stereocenters. The summed E-state index contributed by atoms with van der Waals surface area (Å²) in [5.41, 5.74) is 2.55. The molecular weight excluding hydrogens is 366 g/mol. The summed E-state index contributed by atoms with van der Waals surface area (Å²) < 4.78 is 11.5. The van der Waals surface area contributed by atoms with Gasteiger partial charge in [0.15, 0.2) is 0 Å². The predicted octanol–water partition coefficient (Wildman–Crippen LogP) is 1.77. The monoisotopic (exact) mass is 399 g/mol. The molecule has 0 atom stereocenters. The van der Waals surface area contributed by atoms with Crippen molar-refractivity contribution in [2.45, 2.75) is 33.1 Å². The number of rotatable bonds is 9. The van der Waals surface area contributed by atoms with Gasteiger partial charge in [-0.25, -0.2) is 9.59 Å². The molecule has 8 nitrogen and oxygen atoms in total. The topological polar surface area (TPSA) is 117 Å². The predicted molar refractivity (Wildman–Crippen MR) is 106 cm³/mol. The quantitative estimate of drug-likeness (QED) is 0.425. The molecule has 0 saturated heterocycles. The molecule has 0 fully saturated rings. The zero-order chi connectivity index (χ0) is 21.7. The first kappa shape index (κ1) is 25.8. The average Bonchev–Trinajstić information content (AvgIpc) is 2.58. The van der Waals surface area contributed by atoms with Gasteiger partial charge in [-0.05, 0) is 31.0 Å². The zero-order valence-electron chi connectivity index (χ0n) is 17.4. The van der Waals surface area contributed by atoms with Crippen LogP contribution in [0, 0.1) is 6.92 Å². The summed E-state index contributed by atoms with van der Waals surface area (Å²) in [5.74, 6) is -2.70. The molecule has 0 aliphatic carbocycles. The highest BCUT2D eigenvalue weighted by atomic mass is 16.5. The fourth-order valence-corrected chi connectivity index (χ4v) is 2.17. The standard InChI is InChI=1S/C18H31NO3.C2H2O4/c1-15-6-7-17(16(14-15)18(2,3)4)22-13-12-21-11-9-19(5)8-10-20;3-1(4)2(5)6/h6-7,14,20H,8-13H2,1-5H3;(H,3,4)(H,5,6). The molecule has 1 aromatic rings. The molecule has 1 aromatic carbocycles. The van der Waals surface area contributed by atoms with Gasteiger partial charge in [0.25, 0.3) is 0 Å². The van der Waals surface area contributed by atoms with Crippen LogP contribution < -0.4 is 4.74 Å². The molecular formula is C20H33NO7. The Bertz CT molecular complexity index is 599. The lowest BCUT2D eigenvalue weighted by atomic mass is 9.85.